The molecule has 1 aliphatic rings. The minimum atomic E-state index is -6.00. The molecule has 6 heteroatoms. The van der Waals surface area contributed by atoms with Crippen molar-refractivity contribution < 1.29 is 38.5 Å². The van der Waals surface area contributed by atoms with Crippen LogP contribution in [-0.2, 0) is 0 Å². The minimum Gasteiger partial charge on any atom is -0.418 e. The molecule has 0 fully saturated rings. The van der Waals surface area contributed by atoms with E-state index in [9.17, 15) is 17.3 Å². The van der Waals surface area contributed by atoms with E-state index in [1.807, 2.05) is 0 Å². The molecule has 0 saturated carbocycles. The van der Waals surface area contributed by atoms with Crippen LogP contribution in [-0.4, -0.2) is 7.25 Å². The Morgan fingerprint density at radius 3 is 1.88 bits per heavy atom. The third-order valence-corrected chi connectivity index (χ3v) is 6.60. The fraction of sp³-hybridized carbons (Fsp3) is 0.222. The molecule has 3 rings (SSSR count). The first kappa shape index (κ1) is 19.0. The smallest absolute Gasteiger partial charge is 0.418 e. The molecule has 0 bridgehead atoms. The molecule has 2 aromatic rings. The molecule has 1 aliphatic carbocycles. The SMILES string of the molecule is C1=C([I+]c2ccccc2)CCC(c2ccccc2)C1.F[B-](F)(F)F. The van der Waals surface area contributed by atoms with Gasteiger partial charge in [-0.25, -0.2) is 0 Å². The third kappa shape index (κ3) is 7.51. The molecule has 0 nitrogen and oxygen atoms in total. The first-order chi connectivity index (χ1) is 11.4. The highest BCUT2D eigenvalue weighted by molar-refractivity contribution is 6.50. The van der Waals surface area contributed by atoms with Crippen LogP contribution in [0.15, 0.2) is 70.3 Å². The largest absolute Gasteiger partial charge is 0.673 e. The number of benzene rings is 2. The van der Waals surface area contributed by atoms with Gasteiger partial charge in [-0.2, -0.15) is 0 Å². The molecule has 0 aliphatic heterocycles. The summed E-state index contributed by atoms with van der Waals surface area (Å²) in [6.07, 6.45) is 6.36. The molecule has 2 aromatic carbocycles. The zero-order valence-corrected chi connectivity index (χ0v) is 15.2. The number of rotatable bonds is 3. The predicted octanol–water partition coefficient (Wildman–Crippen LogP) is 3.10. The summed E-state index contributed by atoms with van der Waals surface area (Å²) < 4.78 is 42.3. The molecular weight excluding hydrogens is 430 g/mol. The highest BCUT2D eigenvalue weighted by atomic mass is 127. The zero-order valence-electron chi connectivity index (χ0n) is 13.0. The fourth-order valence-corrected chi connectivity index (χ4v) is 5.16. The topological polar surface area (TPSA) is 0 Å². The van der Waals surface area contributed by atoms with E-state index in [0.29, 0.717) is 0 Å². The summed E-state index contributed by atoms with van der Waals surface area (Å²) >= 11 is 0.0772. The Labute approximate surface area is 150 Å². The van der Waals surface area contributed by atoms with E-state index >= 15 is 0 Å². The molecule has 24 heavy (non-hydrogen) atoms. The standard InChI is InChI=1S/C18H18I.BF4/c1-3-7-15(8-4-1)16-11-13-18(14-12-16)19-17-9-5-2-6-10-17;2-1(3,4)5/h1-10,13,16H,11-12,14H2;/q+1;-1. The minimum absolute atomic E-state index is 0.0772. The fourth-order valence-electron chi connectivity index (χ4n) is 2.53. The van der Waals surface area contributed by atoms with Crippen LogP contribution in [0.5, 0.6) is 0 Å². The Morgan fingerprint density at radius 2 is 1.38 bits per heavy atom. The first-order valence-electron chi connectivity index (χ1n) is 7.73. The van der Waals surface area contributed by atoms with Gasteiger partial charge in [-0.3, -0.25) is 0 Å². The zero-order chi connectivity index (χ0) is 17.4. The van der Waals surface area contributed by atoms with Gasteiger partial charge in [-0.05, 0) is 42.5 Å². The second-order valence-corrected chi connectivity index (χ2v) is 8.59. The van der Waals surface area contributed by atoms with Gasteiger partial charge in [0.05, 0.1) is 0 Å². The lowest BCUT2D eigenvalue weighted by molar-refractivity contribution is -0.579. The van der Waals surface area contributed by atoms with Gasteiger partial charge in [0.2, 0.25) is 0 Å². The Kier molecular flexibility index (Phi) is 7.33. The van der Waals surface area contributed by atoms with Crippen LogP contribution < -0.4 is 21.2 Å². The second-order valence-electron chi connectivity index (χ2n) is 5.42. The third-order valence-electron chi connectivity index (χ3n) is 3.59. The van der Waals surface area contributed by atoms with E-state index < -0.39 is 7.25 Å². The highest BCUT2D eigenvalue weighted by Crippen LogP contribution is 2.29. The summed E-state index contributed by atoms with van der Waals surface area (Å²) in [5.41, 5.74) is 1.51. The van der Waals surface area contributed by atoms with Crippen LogP contribution in [0, 0.1) is 3.57 Å². The summed E-state index contributed by atoms with van der Waals surface area (Å²) in [7, 11) is -6.00. The van der Waals surface area contributed by atoms with Gasteiger partial charge in [-0.1, -0.05) is 48.5 Å². The van der Waals surface area contributed by atoms with E-state index in [-0.39, 0.29) is 21.2 Å². The van der Waals surface area contributed by atoms with E-state index in [1.165, 1.54) is 24.8 Å². The van der Waals surface area contributed by atoms with Crippen molar-refractivity contribution in [3.05, 3.63) is 79.5 Å². The Bertz CT molecular complexity index is 635. The van der Waals surface area contributed by atoms with E-state index in [0.717, 1.165) is 5.92 Å². The first-order valence-corrected chi connectivity index (χ1v) is 9.89. The van der Waals surface area contributed by atoms with Crippen LogP contribution in [0.4, 0.5) is 17.3 Å². The molecule has 0 N–H and O–H groups in total. The molecule has 0 amide bonds. The average Bonchev–Trinajstić information content (AvgIpc) is 2.56. The molecule has 1 unspecified atom stereocenters. The molecule has 0 heterocycles. The van der Waals surface area contributed by atoms with E-state index in [2.05, 4.69) is 66.7 Å². The van der Waals surface area contributed by atoms with Crippen molar-refractivity contribution in [2.75, 3.05) is 0 Å². The van der Waals surface area contributed by atoms with Crippen LogP contribution in [0.3, 0.4) is 0 Å². The van der Waals surface area contributed by atoms with Crippen LogP contribution >= 0.6 is 0 Å². The van der Waals surface area contributed by atoms with Gasteiger partial charge in [0.1, 0.15) is 0 Å². The number of hydrogen-bond donors (Lipinski definition) is 0. The maximum absolute atomic E-state index is 9.75. The maximum Gasteiger partial charge on any atom is 0.673 e. The Hall–Kier alpha value is -1.31. The molecule has 1 atom stereocenters. The van der Waals surface area contributed by atoms with E-state index in [1.54, 1.807) is 7.15 Å². The maximum atomic E-state index is 9.75. The lowest BCUT2D eigenvalue weighted by atomic mass is 9.88. The summed E-state index contributed by atoms with van der Waals surface area (Å²) in [6, 6.07) is 21.9. The quantitative estimate of drug-likeness (QED) is 0.385. The van der Waals surface area contributed by atoms with Gasteiger partial charge < -0.3 is 17.3 Å². The van der Waals surface area contributed by atoms with Crippen molar-refractivity contribution >= 4 is 7.25 Å². The number of halogens is 5. The Morgan fingerprint density at radius 1 is 0.833 bits per heavy atom. The van der Waals surface area contributed by atoms with Crippen LogP contribution in [0.25, 0.3) is 0 Å². The van der Waals surface area contributed by atoms with Crippen molar-refractivity contribution in [3.63, 3.8) is 0 Å². The van der Waals surface area contributed by atoms with Crippen molar-refractivity contribution in [2.45, 2.75) is 25.2 Å². The van der Waals surface area contributed by atoms with Crippen molar-refractivity contribution in [3.8, 4) is 0 Å². The van der Waals surface area contributed by atoms with E-state index in [4.69, 9.17) is 0 Å². The number of hydrogen-bond acceptors (Lipinski definition) is 0. The molecule has 0 saturated heterocycles. The molecule has 0 aromatic heterocycles. The van der Waals surface area contributed by atoms with Crippen molar-refractivity contribution in [1.29, 1.82) is 0 Å². The monoisotopic (exact) mass is 448 g/mol. The summed E-state index contributed by atoms with van der Waals surface area (Å²) in [4.78, 5) is 0. The second kappa shape index (κ2) is 9.25. The molecular formula is C18H18BF4I. The molecule has 128 valence electrons. The Balaban J connectivity index is 0.000000368. The van der Waals surface area contributed by atoms with Gasteiger partial charge in [-0.15, -0.1) is 0 Å². The molecule has 0 spiro atoms. The predicted molar refractivity (Wildman–Crippen MR) is 86.4 cm³/mol. The average molecular weight is 448 g/mol. The highest BCUT2D eigenvalue weighted by Gasteiger charge is 2.25. The summed E-state index contributed by atoms with van der Waals surface area (Å²) in [6.45, 7) is 0. The van der Waals surface area contributed by atoms with Crippen molar-refractivity contribution in [1.82, 2.24) is 0 Å². The lowest BCUT2D eigenvalue weighted by Crippen LogP contribution is -3.61. The van der Waals surface area contributed by atoms with Gasteiger partial charge in [0.15, 0.2) is 7.15 Å². The van der Waals surface area contributed by atoms with Crippen LogP contribution in [0.1, 0.15) is 30.7 Å². The molecule has 0 radical (unpaired) electrons. The van der Waals surface area contributed by atoms with Crippen LogP contribution in [0.2, 0.25) is 0 Å². The van der Waals surface area contributed by atoms with Gasteiger partial charge in [0, 0.05) is 6.42 Å². The van der Waals surface area contributed by atoms with Crippen molar-refractivity contribution in [2.24, 2.45) is 0 Å². The summed E-state index contributed by atoms with van der Waals surface area (Å²) in [5.74, 6) is 0.740. The normalized spacial score (nSPS) is 17.5. The lowest BCUT2D eigenvalue weighted by Gasteiger charge is -2.18. The summed E-state index contributed by atoms with van der Waals surface area (Å²) in [5, 5.41) is 0. The number of allylic oxidation sites excluding steroid dienone is 2. The van der Waals surface area contributed by atoms with Gasteiger partial charge in [0.25, 0.3) is 0 Å². The van der Waals surface area contributed by atoms with Gasteiger partial charge >= 0.3 is 28.5 Å².